The molecule has 2 heterocycles. The predicted octanol–water partition coefficient (Wildman–Crippen LogP) is 4.37. The molecule has 2 aromatic heterocycles. The summed E-state index contributed by atoms with van der Waals surface area (Å²) in [5.74, 6) is 0. The largest absolute Gasteiger partial charge is 0.444 e. The SMILES string of the molecule is CN(C(=O)OC(C)(C)C)[C@H]1C[C@@H](n2ccc3ccc(Br)nc32)C1. The topological polar surface area (TPSA) is 47.4 Å². The molecule has 2 aromatic rings. The molecule has 1 aliphatic rings. The first kappa shape index (κ1) is 16.3. The third kappa shape index (κ3) is 3.37. The third-order valence-electron chi connectivity index (χ3n) is 4.24. The van der Waals surface area contributed by atoms with Crippen LogP contribution in [0.1, 0.15) is 39.7 Å². The predicted molar refractivity (Wildman–Crippen MR) is 93.5 cm³/mol. The van der Waals surface area contributed by atoms with Crippen molar-refractivity contribution >= 4 is 33.1 Å². The van der Waals surface area contributed by atoms with E-state index in [0.717, 1.165) is 28.5 Å². The van der Waals surface area contributed by atoms with Crippen LogP contribution in [0.5, 0.6) is 0 Å². The summed E-state index contributed by atoms with van der Waals surface area (Å²) in [7, 11) is 1.82. The Morgan fingerprint density at radius 1 is 1.35 bits per heavy atom. The van der Waals surface area contributed by atoms with Crippen molar-refractivity contribution in [3.8, 4) is 0 Å². The number of pyridine rings is 1. The van der Waals surface area contributed by atoms with Gasteiger partial charge in [-0.2, -0.15) is 0 Å². The van der Waals surface area contributed by atoms with Crippen LogP contribution in [0.4, 0.5) is 4.79 Å². The fourth-order valence-electron chi connectivity index (χ4n) is 2.88. The van der Waals surface area contributed by atoms with Crippen LogP contribution in [0.2, 0.25) is 0 Å². The van der Waals surface area contributed by atoms with Gasteiger partial charge in [0.05, 0.1) is 0 Å². The molecule has 0 bridgehead atoms. The molecule has 3 rings (SSSR count). The fraction of sp³-hybridized carbons (Fsp3) is 0.529. The van der Waals surface area contributed by atoms with E-state index in [2.05, 4.69) is 43.8 Å². The Balaban J connectivity index is 1.66. The molecule has 0 N–H and O–H groups in total. The van der Waals surface area contributed by atoms with Crippen molar-refractivity contribution in [1.82, 2.24) is 14.5 Å². The normalized spacial score (nSPS) is 21.1. The van der Waals surface area contributed by atoms with Gasteiger partial charge in [-0.15, -0.1) is 0 Å². The lowest BCUT2D eigenvalue weighted by molar-refractivity contribution is 0.00809. The number of ether oxygens (including phenoxy) is 1. The van der Waals surface area contributed by atoms with Gasteiger partial charge in [0, 0.05) is 30.7 Å². The summed E-state index contributed by atoms with van der Waals surface area (Å²) >= 11 is 3.43. The second kappa shape index (κ2) is 5.82. The zero-order chi connectivity index (χ0) is 16.8. The molecule has 0 saturated heterocycles. The Morgan fingerprint density at radius 3 is 2.70 bits per heavy atom. The summed E-state index contributed by atoms with van der Waals surface area (Å²) in [6, 6.07) is 6.70. The average Bonchev–Trinajstić information content (AvgIpc) is 2.78. The third-order valence-corrected chi connectivity index (χ3v) is 4.68. The van der Waals surface area contributed by atoms with Gasteiger partial charge in [0.2, 0.25) is 0 Å². The maximum absolute atomic E-state index is 12.1. The molecule has 1 aliphatic carbocycles. The molecule has 23 heavy (non-hydrogen) atoms. The maximum atomic E-state index is 12.1. The van der Waals surface area contributed by atoms with Crippen LogP contribution in [-0.4, -0.2) is 39.2 Å². The Kier molecular flexibility index (Phi) is 4.12. The van der Waals surface area contributed by atoms with Gasteiger partial charge in [-0.05, 0) is 67.7 Å². The number of hydrogen-bond donors (Lipinski definition) is 0. The molecule has 0 aliphatic heterocycles. The molecule has 6 heteroatoms. The Bertz CT molecular complexity index is 729. The van der Waals surface area contributed by atoms with Crippen LogP contribution < -0.4 is 0 Å². The van der Waals surface area contributed by atoms with Crippen molar-refractivity contribution in [2.45, 2.75) is 51.3 Å². The average molecular weight is 380 g/mol. The summed E-state index contributed by atoms with van der Waals surface area (Å²) < 4.78 is 8.48. The van der Waals surface area contributed by atoms with E-state index in [1.807, 2.05) is 33.9 Å². The summed E-state index contributed by atoms with van der Waals surface area (Å²) in [6.45, 7) is 5.66. The lowest BCUT2D eigenvalue weighted by Crippen LogP contribution is -2.47. The van der Waals surface area contributed by atoms with Gasteiger partial charge in [-0.1, -0.05) is 0 Å². The van der Waals surface area contributed by atoms with Gasteiger partial charge in [-0.3, -0.25) is 0 Å². The molecule has 1 amide bonds. The second-order valence-corrected chi connectivity index (χ2v) is 7.95. The number of carbonyl (C=O) groups excluding carboxylic acids is 1. The number of rotatable bonds is 2. The van der Waals surface area contributed by atoms with Gasteiger partial charge < -0.3 is 14.2 Å². The molecule has 0 unspecified atom stereocenters. The quantitative estimate of drug-likeness (QED) is 0.727. The molecular weight excluding hydrogens is 358 g/mol. The maximum Gasteiger partial charge on any atom is 0.410 e. The van der Waals surface area contributed by atoms with Crippen molar-refractivity contribution in [3.63, 3.8) is 0 Å². The standard InChI is InChI=1S/C17H22BrN3O2/c1-17(2,3)23-16(22)20(4)12-9-13(10-12)21-8-7-11-5-6-14(18)19-15(11)21/h5-8,12-13H,9-10H2,1-4H3/t12-,13+. The Labute approximate surface area is 144 Å². The molecule has 1 fully saturated rings. The van der Waals surface area contributed by atoms with Gasteiger partial charge in [-0.25, -0.2) is 9.78 Å². The highest BCUT2D eigenvalue weighted by Gasteiger charge is 2.37. The molecule has 5 nitrogen and oxygen atoms in total. The van der Waals surface area contributed by atoms with Crippen LogP contribution in [-0.2, 0) is 4.74 Å². The molecular formula is C17H22BrN3O2. The second-order valence-electron chi connectivity index (χ2n) is 7.14. The van der Waals surface area contributed by atoms with Gasteiger partial charge in [0.15, 0.2) is 0 Å². The minimum Gasteiger partial charge on any atom is -0.444 e. The molecule has 0 radical (unpaired) electrons. The van der Waals surface area contributed by atoms with Crippen molar-refractivity contribution in [3.05, 3.63) is 29.0 Å². The number of carbonyl (C=O) groups is 1. The van der Waals surface area contributed by atoms with Crippen molar-refractivity contribution in [2.75, 3.05) is 7.05 Å². The van der Waals surface area contributed by atoms with Gasteiger partial charge in [0.1, 0.15) is 15.9 Å². The summed E-state index contributed by atoms with van der Waals surface area (Å²) in [5.41, 5.74) is 0.532. The van der Waals surface area contributed by atoms with E-state index >= 15 is 0 Å². The number of fused-ring (bicyclic) bond motifs is 1. The van der Waals surface area contributed by atoms with Crippen LogP contribution in [0, 0.1) is 0 Å². The van der Waals surface area contributed by atoms with Crippen LogP contribution in [0.15, 0.2) is 29.0 Å². The van der Waals surface area contributed by atoms with E-state index in [4.69, 9.17) is 4.74 Å². The minimum atomic E-state index is -0.457. The molecule has 0 atom stereocenters. The van der Waals surface area contributed by atoms with Crippen LogP contribution >= 0.6 is 15.9 Å². The van der Waals surface area contributed by atoms with E-state index in [-0.39, 0.29) is 12.1 Å². The van der Waals surface area contributed by atoms with E-state index in [1.54, 1.807) is 4.90 Å². The Morgan fingerprint density at radius 2 is 2.04 bits per heavy atom. The number of aromatic nitrogens is 2. The molecule has 124 valence electrons. The highest BCUT2D eigenvalue weighted by Crippen LogP contribution is 2.38. The van der Waals surface area contributed by atoms with E-state index in [1.165, 1.54) is 0 Å². The van der Waals surface area contributed by atoms with Crippen molar-refractivity contribution < 1.29 is 9.53 Å². The zero-order valence-electron chi connectivity index (χ0n) is 13.9. The fourth-order valence-corrected chi connectivity index (χ4v) is 3.18. The number of amides is 1. The van der Waals surface area contributed by atoms with Gasteiger partial charge >= 0.3 is 6.09 Å². The lowest BCUT2D eigenvalue weighted by Gasteiger charge is -2.42. The smallest absolute Gasteiger partial charge is 0.410 e. The first-order valence-corrected chi connectivity index (χ1v) is 8.63. The highest BCUT2D eigenvalue weighted by molar-refractivity contribution is 9.10. The first-order valence-electron chi connectivity index (χ1n) is 7.83. The first-order chi connectivity index (χ1) is 10.7. The highest BCUT2D eigenvalue weighted by atomic mass is 79.9. The number of hydrogen-bond acceptors (Lipinski definition) is 3. The van der Waals surface area contributed by atoms with Crippen LogP contribution in [0.3, 0.4) is 0 Å². The van der Waals surface area contributed by atoms with E-state index < -0.39 is 5.60 Å². The zero-order valence-corrected chi connectivity index (χ0v) is 15.5. The van der Waals surface area contributed by atoms with Crippen LogP contribution in [0.25, 0.3) is 11.0 Å². The summed E-state index contributed by atoms with van der Waals surface area (Å²) in [4.78, 5) is 18.4. The molecule has 0 spiro atoms. The number of halogens is 1. The number of nitrogens with zero attached hydrogens (tertiary/aromatic N) is 3. The lowest BCUT2D eigenvalue weighted by atomic mass is 9.85. The molecule has 1 saturated carbocycles. The van der Waals surface area contributed by atoms with Crippen molar-refractivity contribution in [2.24, 2.45) is 0 Å². The van der Waals surface area contributed by atoms with Crippen molar-refractivity contribution in [1.29, 1.82) is 0 Å². The summed E-state index contributed by atoms with van der Waals surface area (Å²) in [6.07, 6.45) is 3.68. The summed E-state index contributed by atoms with van der Waals surface area (Å²) in [5, 5.41) is 1.14. The molecule has 0 aromatic carbocycles. The van der Waals surface area contributed by atoms with Gasteiger partial charge in [0.25, 0.3) is 0 Å². The minimum absolute atomic E-state index is 0.222. The van der Waals surface area contributed by atoms with E-state index in [9.17, 15) is 4.79 Å². The monoisotopic (exact) mass is 379 g/mol. The Hall–Kier alpha value is -1.56. The van der Waals surface area contributed by atoms with E-state index in [0.29, 0.717) is 6.04 Å².